The first-order chi connectivity index (χ1) is 16.7. The maximum atomic E-state index is 13.9. The van der Waals surface area contributed by atoms with E-state index in [1.165, 1.54) is 0 Å². The first kappa shape index (κ1) is 29.7. The van der Waals surface area contributed by atoms with Crippen LogP contribution in [0.3, 0.4) is 0 Å². The van der Waals surface area contributed by atoms with Gasteiger partial charge in [0, 0.05) is 13.0 Å². The molecule has 0 unspecified atom stereocenters. The Labute approximate surface area is 202 Å². The zero-order valence-electron chi connectivity index (χ0n) is 18.8. The van der Waals surface area contributed by atoms with Crippen molar-refractivity contribution in [2.75, 3.05) is 17.8 Å². The number of imide groups is 1. The Morgan fingerprint density at radius 2 is 1.57 bits per heavy atom. The Bertz CT molecular complexity index is 1340. The van der Waals surface area contributed by atoms with E-state index in [0.717, 1.165) is 6.92 Å². The summed E-state index contributed by atoms with van der Waals surface area (Å²) in [5.74, 6) is -15.2. The lowest BCUT2D eigenvalue weighted by Gasteiger charge is -2.21. The molecule has 0 N–H and O–H groups in total. The molecule has 0 aliphatic rings. The summed E-state index contributed by atoms with van der Waals surface area (Å²) < 4.78 is 139. The third-order valence-electron chi connectivity index (χ3n) is 4.76. The summed E-state index contributed by atoms with van der Waals surface area (Å²) in [6.07, 6.45) is -11.3. The number of anilines is 1. The maximum Gasteiger partial charge on any atom is 0.461 e. The van der Waals surface area contributed by atoms with Crippen molar-refractivity contribution in [2.45, 2.75) is 37.0 Å². The smallest absolute Gasteiger partial charge is 0.461 e. The van der Waals surface area contributed by atoms with Crippen molar-refractivity contribution in [2.24, 2.45) is 0 Å². The number of amides is 2. The maximum absolute atomic E-state index is 13.9. The lowest BCUT2D eigenvalue weighted by Crippen LogP contribution is -2.37. The van der Waals surface area contributed by atoms with Crippen molar-refractivity contribution in [3.63, 3.8) is 0 Å². The molecule has 8 nitrogen and oxygen atoms in total. The molecule has 0 aliphatic carbocycles. The van der Waals surface area contributed by atoms with Gasteiger partial charge in [-0.3, -0.25) is 9.59 Å². The molecule has 2 aromatic rings. The largest absolute Gasteiger partial charge is 0.463 e. The second-order valence-electron chi connectivity index (χ2n) is 7.16. The fourth-order valence-corrected chi connectivity index (χ4v) is 4.02. The number of nitrogens with zero attached hydrogens (tertiary/aromatic N) is 1. The Kier molecular flexibility index (Phi) is 7.84. The zero-order valence-corrected chi connectivity index (χ0v) is 19.6. The van der Waals surface area contributed by atoms with Crippen LogP contribution in [0.2, 0.25) is 0 Å². The summed E-state index contributed by atoms with van der Waals surface area (Å²) in [7, 11) is -3.96. The molecule has 0 aliphatic heterocycles. The fourth-order valence-electron chi connectivity index (χ4n) is 2.91. The topological polar surface area (TPSA) is 111 Å². The number of benzene rings is 1. The van der Waals surface area contributed by atoms with Crippen LogP contribution in [-0.2, 0) is 31.5 Å². The van der Waals surface area contributed by atoms with Crippen LogP contribution >= 0.6 is 0 Å². The number of esters is 1. The van der Waals surface area contributed by atoms with Gasteiger partial charge < -0.3 is 9.15 Å². The van der Waals surface area contributed by atoms with Gasteiger partial charge in [0.2, 0.25) is 11.7 Å². The van der Waals surface area contributed by atoms with Gasteiger partial charge in [-0.2, -0.15) is 35.1 Å². The third kappa shape index (κ3) is 5.60. The number of rotatable bonds is 6. The standard InChI is InChI=1S/C20H15F8NO7S/c1-4-37(33,34)13-7-10(19(23,24)25)5-6-11(13)16(31)29(9(2)30)12-8-14(18(21,22)20(26,27)28)36-15(12)17(32)35-3/h5-8H,4H2,1-3H3. The molecular weight excluding hydrogens is 550 g/mol. The van der Waals surface area contributed by atoms with Gasteiger partial charge in [-0.15, -0.1) is 0 Å². The molecule has 1 aromatic heterocycles. The van der Waals surface area contributed by atoms with Crippen molar-refractivity contribution < 1.29 is 67.1 Å². The first-order valence-corrected chi connectivity index (χ1v) is 11.3. The van der Waals surface area contributed by atoms with Crippen molar-refractivity contribution in [1.82, 2.24) is 0 Å². The Morgan fingerprint density at radius 3 is 2.00 bits per heavy atom. The van der Waals surface area contributed by atoms with E-state index < -0.39 is 84.9 Å². The second kappa shape index (κ2) is 9.75. The van der Waals surface area contributed by atoms with E-state index in [1.807, 2.05) is 0 Å². The number of carbonyl (C=O) groups excluding carboxylic acids is 3. The summed E-state index contributed by atoms with van der Waals surface area (Å²) in [5, 5.41) is 0. The molecule has 1 heterocycles. The molecule has 2 rings (SSSR count). The SMILES string of the molecule is CCS(=O)(=O)c1cc(C(F)(F)F)ccc1C(=O)N(C(C)=O)c1cc(C(F)(F)C(F)(F)F)oc1C(=O)OC. The molecule has 37 heavy (non-hydrogen) atoms. The normalized spacial score (nSPS) is 12.8. The molecule has 2 amide bonds. The van der Waals surface area contributed by atoms with Crippen molar-refractivity contribution in [3.05, 3.63) is 46.9 Å². The summed E-state index contributed by atoms with van der Waals surface area (Å²) in [4.78, 5) is 36.1. The predicted octanol–water partition coefficient (Wildman–Crippen LogP) is 4.73. The number of carbonyl (C=O) groups is 3. The Balaban J connectivity index is 2.87. The number of ether oxygens (including phenoxy) is 1. The average Bonchev–Trinajstić information content (AvgIpc) is 3.22. The minimum atomic E-state index is -6.25. The molecule has 17 heteroatoms. The molecule has 0 bridgehead atoms. The van der Waals surface area contributed by atoms with Gasteiger partial charge >= 0.3 is 24.2 Å². The molecular formula is C20H15F8NO7S. The minimum Gasteiger partial charge on any atom is -0.463 e. The van der Waals surface area contributed by atoms with Gasteiger partial charge in [-0.25, -0.2) is 18.1 Å². The average molecular weight is 565 g/mol. The quantitative estimate of drug-likeness (QED) is 0.368. The minimum absolute atomic E-state index is 0.0875. The number of alkyl halides is 8. The third-order valence-corrected chi connectivity index (χ3v) is 6.53. The Hall–Kier alpha value is -3.50. The van der Waals surface area contributed by atoms with Crippen molar-refractivity contribution in [3.8, 4) is 0 Å². The number of hydrogen-bond donors (Lipinski definition) is 0. The van der Waals surface area contributed by atoms with Crippen molar-refractivity contribution in [1.29, 1.82) is 0 Å². The highest BCUT2D eigenvalue weighted by atomic mass is 32.2. The molecule has 0 atom stereocenters. The van der Waals surface area contributed by atoms with E-state index in [9.17, 15) is 57.9 Å². The van der Waals surface area contributed by atoms with E-state index in [0.29, 0.717) is 20.1 Å². The zero-order chi connectivity index (χ0) is 28.7. The predicted molar refractivity (Wildman–Crippen MR) is 107 cm³/mol. The van der Waals surface area contributed by atoms with Crippen molar-refractivity contribution >= 4 is 33.3 Å². The van der Waals surface area contributed by atoms with Gasteiger partial charge in [0.05, 0.1) is 28.9 Å². The van der Waals surface area contributed by atoms with Crippen LogP contribution in [0, 0.1) is 0 Å². The fraction of sp³-hybridized carbons (Fsp3) is 0.350. The van der Waals surface area contributed by atoms with Gasteiger partial charge in [-0.05, 0) is 18.2 Å². The number of hydrogen-bond acceptors (Lipinski definition) is 7. The summed E-state index contributed by atoms with van der Waals surface area (Å²) in [6, 6.07) is 0.564. The molecule has 0 saturated carbocycles. The molecule has 0 spiro atoms. The molecule has 1 aromatic carbocycles. The van der Waals surface area contributed by atoms with Crippen LogP contribution in [0.1, 0.15) is 46.1 Å². The van der Waals surface area contributed by atoms with Gasteiger partial charge in [-0.1, -0.05) is 6.92 Å². The number of sulfone groups is 1. The highest BCUT2D eigenvalue weighted by Crippen LogP contribution is 2.46. The summed E-state index contributed by atoms with van der Waals surface area (Å²) >= 11 is 0. The highest BCUT2D eigenvalue weighted by Gasteiger charge is 2.62. The molecule has 0 saturated heterocycles. The van der Waals surface area contributed by atoms with E-state index in [1.54, 1.807) is 0 Å². The number of methoxy groups -OCH3 is 1. The first-order valence-electron chi connectivity index (χ1n) is 9.66. The lowest BCUT2D eigenvalue weighted by molar-refractivity contribution is -0.295. The molecule has 204 valence electrons. The van der Waals surface area contributed by atoms with Gasteiger partial charge in [0.1, 0.15) is 5.69 Å². The van der Waals surface area contributed by atoms with Crippen LogP contribution in [0.4, 0.5) is 40.8 Å². The second-order valence-corrected chi connectivity index (χ2v) is 9.41. The van der Waals surface area contributed by atoms with Gasteiger partial charge in [0.25, 0.3) is 5.91 Å². The highest BCUT2D eigenvalue weighted by molar-refractivity contribution is 7.91. The van der Waals surface area contributed by atoms with E-state index in [-0.39, 0.29) is 23.1 Å². The summed E-state index contributed by atoms with van der Waals surface area (Å²) in [6.45, 7) is 1.59. The Morgan fingerprint density at radius 1 is 1.00 bits per heavy atom. The molecule has 0 radical (unpaired) electrons. The van der Waals surface area contributed by atoms with Crippen LogP contribution in [0.5, 0.6) is 0 Å². The van der Waals surface area contributed by atoms with Crippen LogP contribution in [0.15, 0.2) is 33.6 Å². The summed E-state index contributed by atoms with van der Waals surface area (Å²) in [5.41, 5.74) is -3.88. The van der Waals surface area contributed by atoms with E-state index in [4.69, 9.17) is 0 Å². The molecule has 0 fully saturated rings. The monoisotopic (exact) mass is 565 g/mol. The van der Waals surface area contributed by atoms with Gasteiger partial charge in [0.15, 0.2) is 15.6 Å². The van der Waals surface area contributed by atoms with Crippen LogP contribution in [-0.4, -0.2) is 45.2 Å². The van der Waals surface area contributed by atoms with E-state index in [2.05, 4.69) is 9.15 Å². The lowest BCUT2D eigenvalue weighted by atomic mass is 10.1. The number of halogens is 8. The van der Waals surface area contributed by atoms with Crippen LogP contribution in [0.25, 0.3) is 0 Å². The van der Waals surface area contributed by atoms with Crippen LogP contribution < -0.4 is 4.90 Å². The van der Waals surface area contributed by atoms with E-state index >= 15 is 0 Å². The number of furan rings is 1.